The van der Waals surface area contributed by atoms with Crippen LogP contribution in [0.15, 0.2) is 29.3 Å². The maximum atomic E-state index is 11.9. The molecule has 0 heterocycles. The molecule has 0 saturated heterocycles. The molecule has 3 N–H and O–H groups in total. The van der Waals surface area contributed by atoms with Gasteiger partial charge in [0, 0.05) is 20.1 Å². The van der Waals surface area contributed by atoms with Crippen molar-refractivity contribution in [2.75, 3.05) is 13.6 Å². The van der Waals surface area contributed by atoms with E-state index in [1.807, 2.05) is 40.7 Å². The van der Waals surface area contributed by atoms with Gasteiger partial charge in [-0.25, -0.2) is 4.79 Å². The number of aliphatic imine (C=N–C) groups is 1. The van der Waals surface area contributed by atoms with Gasteiger partial charge in [0.05, 0.1) is 5.54 Å². The normalized spacial score (nSPS) is 12.5. The van der Waals surface area contributed by atoms with Gasteiger partial charge in [-0.1, -0.05) is 29.8 Å². The zero-order chi connectivity index (χ0) is 19.1. The minimum Gasteiger partial charge on any atom is -0.444 e. The van der Waals surface area contributed by atoms with Gasteiger partial charge >= 0.3 is 6.09 Å². The predicted molar refractivity (Wildman–Crippen MR) is 103 cm³/mol. The summed E-state index contributed by atoms with van der Waals surface area (Å²) in [4.78, 5) is 16.1. The Kier molecular flexibility index (Phi) is 7.27. The Hall–Kier alpha value is -2.24. The van der Waals surface area contributed by atoms with E-state index in [1.165, 1.54) is 11.1 Å². The highest BCUT2D eigenvalue weighted by Gasteiger charge is 2.24. The number of amides is 1. The number of carbonyl (C=O) groups is 1. The monoisotopic (exact) mass is 348 g/mol. The lowest BCUT2D eigenvalue weighted by Gasteiger charge is -2.29. The lowest BCUT2D eigenvalue weighted by molar-refractivity contribution is 0.0474. The van der Waals surface area contributed by atoms with Gasteiger partial charge < -0.3 is 20.7 Å². The third-order valence-corrected chi connectivity index (χ3v) is 3.30. The van der Waals surface area contributed by atoms with E-state index in [-0.39, 0.29) is 0 Å². The molecule has 6 heteroatoms. The lowest BCUT2D eigenvalue weighted by Crippen LogP contribution is -2.54. The number of nitrogens with one attached hydrogen (secondary N) is 3. The van der Waals surface area contributed by atoms with Crippen LogP contribution in [0.3, 0.4) is 0 Å². The van der Waals surface area contributed by atoms with Crippen molar-refractivity contribution in [2.45, 2.75) is 59.2 Å². The zero-order valence-electron chi connectivity index (χ0n) is 16.5. The SMILES string of the molecule is CN=C(NCc1cccc(C)c1)NCC(C)(C)NC(=O)OC(C)(C)C. The molecule has 0 aliphatic heterocycles. The summed E-state index contributed by atoms with van der Waals surface area (Å²) in [5.74, 6) is 0.681. The minimum absolute atomic E-state index is 0.429. The van der Waals surface area contributed by atoms with Crippen molar-refractivity contribution in [1.82, 2.24) is 16.0 Å². The van der Waals surface area contributed by atoms with Crippen molar-refractivity contribution in [1.29, 1.82) is 0 Å². The van der Waals surface area contributed by atoms with Crippen molar-refractivity contribution in [3.8, 4) is 0 Å². The Labute approximate surface area is 151 Å². The molecule has 1 amide bonds. The van der Waals surface area contributed by atoms with Gasteiger partial charge in [-0.2, -0.15) is 0 Å². The van der Waals surface area contributed by atoms with Crippen LogP contribution in [0.25, 0.3) is 0 Å². The highest BCUT2D eigenvalue weighted by Crippen LogP contribution is 2.09. The molecule has 0 aliphatic carbocycles. The maximum absolute atomic E-state index is 11.9. The summed E-state index contributed by atoms with van der Waals surface area (Å²) in [7, 11) is 1.72. The van der Waals surface area contributed by atoms with Crippen LogP contribution in [-0.4, -0.2) is 36.8 Å². The van der Waals surface area contributed by atoms with Gasteiger partial charge in [-0.3, -0.25) is 4.99 Å². The summed E-state index contributed by atoms with van der Waals surface area (Å²) in [5, 5.41) is 9.37. The molecule has 1 rings (SSSR count). The number of carbonyl (C=O) groups excluding carboxylic acids is 1. The first-order valence-corrected chi connectivity index (χ1v) is 8.52. The van der Waals surface area contributed by atoms with E-state index < -0.39 is 17.2 Å². The molecule has 0 fully saturated rings. The second-order valence-corrected chi connectivity index (χ2v) is 7.78. The second kappa shape index (κ2) is 8.74. The van der Waals surface area contributed by atoms with E-state index in [0.29, 0.717) is 19.0 Å². The summed E-state index contributed by atoms with van der Waals surface area (Å²) in [6, 6.07) is 8.31. The van der Waals surface area contributed by atoms with Crippen LogP contribution in [0.2, 0.25) is 0 Å². The number of benzene rings is 1. The van der Waals surface area contributed by atoms with Crippen LogP contribution in [0.4, 0.5) is 4.79 Å². The molecule has 0 unspecified atom stereocenters. The summed E-state index contributed by atoms with van der Waals surface area (Å²) >= 11 is 0. The molecule has 0 aromatic heterocycles. The fraction of sp³-hybridized carbons (Fsp3) is 0.579. The number of guanidine groups is 1. The smallest absolute Gasteiger partial charge is 0.408 e. The van der Waals surface area contributed by atoms with Crippen LogP contribution in [0, 0.1) is 6.92 Å². The average molecular weight is 348 g/mol. The quantitative estimate of drug-likeness (QED) is 0.565. The predicted octanol–water partition coefficient (Wildman–Crippen LogP) is 2.96. The number of hydrogen-bond acceptors (Lipinski definition) is 3. The third kappa shape index (κ3) is 8.98. The van der Waals surface area contributed by atoms with E-state index >= 15 is 0 Å². The molecule has 0 spiro atoms. The minimum atomic E-state index is -0.515. The molecule has 0 aliphatic rings. The number of aryl methyl sites for hydroxylation is 1. The highest BCUT2D eigenvalue weighted by molar-refractivity contribution is 5.79. The lowest BCUT2D eigenvalue weighted by atomic mass is 10.1. The largest absolute Gasteiger partial charge is 0.444 e. The summed E-state index contributed by atoms with van der Waals surface area (Å²) in [5.41, 5.74) is 1.42. The average Bonchev–Trinajstić information content (AvgIpc) is 2.44. The summed E-state index contributed by atoms with van der Waals surface area (Å²) < 4.78 is 5.30. The van der Waals surface area contributed by atoms with Crippen molar-refractivity contribution in [3.63, 3.8) is 0 Å². The van der Waals surface area contributed by atoms with Gasteiger partial charge in [-0.15, -0.1) is 0 Å². The van der Waals surface area contributed by atoms with E-state index in [1.54, 1.807) is 7.05 Å². The first-order chi connectivity index (χ1) is 11.5. The fourth-order valence-electron chi connectivity index (χ4n) is 2.16. The summed E-state index contributed by atoms with van der Waals surface area (Å²) in [6.45, 7) is 12.6. The van der Waals surface area contributed by atoms with E-state index in [2.05, 4.69) is 46.1 Å². The van der Waals surface area contributed by atoms with Crippen LogP contribution in [-0.2, 0) is 11.3 Å². The molecular weight excluding hydrogens is 316 g/mol. The molecule has 1 aromatic carbocycles. The van der Waals surface area contributed by atoms with Gasteiger partial charge in [0.15, 0.2) is 5.96 Å². The van der Waals surface area contributed by atoms with E-state index in [4.69, 9.17) is 4.74 Å². The van der Waals surface area contributed by atoms with Crippen molar-refractivity contribution >= 4 is 12.1 Å². The van der Waals surface area contributed by atoms with Gasteiger partial charge in [0.1, 0.15) is 5.60 Å². The summed E-state index contributed by atoms with van der Waals surface area (Å²) in [6.07, 6.45) is -0.429. The molecule has 0 bridgehead atoms. The van der Waals surface area contributed by atoms with Crippen LogP contribution in [0.5, 0.6) is 0 Å². The van der Waals surface area contributed by atoms with Crippen molar-refractivity contribution < 1.29 is 9.53 Å². The van der Waals surface area contributed by atoms with E-state index in [9.17, 15) is 4.79 Å². The molecular formula is C19H32N4O2. The molecule has 0 radical (unpaired) electrons. The molecule has 1 aromatic rings. The van der Waals surface area contributed by atoms with Crippen LogP contribution in [0.1, 0.15) is 45.7 Å². The van der Waals surface area contributed by atoms with Gasteiger partial charge in [0.2, 0.25) is 0 Å². The van der Waals surface area contributed by atoms with Crippen LogP contribution < -0.4 is 16.0 Å². The van der Waals surface area contributed by atoms with Crippen molar-refractivity contribution in [3.05, 3.63) is 35.4 Å². The maximum Gasteiger partial charge on any atom is 0.408 e. The number of alkyl carbamates (subject to hydrolysis) is 1. The standard InChI is InChI=1S/C19H32N4O2/c1-14-9-8-10-15(11-14)12-21-16(20-7)22-13-19(5,6)23-17(24)25-18(2,3)4/h8-11H,12-13H2,1-7H3,(H,23,24)(H2,20,21,22). The zero-order valence-corrected chi connectivity index (χ0v) is 16.5. The number of nitrogens with zero attached hydrogens (tertiary/aromatic N) is 1. The third-order valence-electron chi connectivity index (χ3n) is 3.30. The number of rotatable bonds is 5. The number of ether oxygens (including phenoxy) is 1. The second-order valence-electron chi connectivity index (χ2n) is 7.78. The molecule has 25 heavy (non-hydrogen) atoms. The molecule has 6 nitrogen and oxygen atoms in total. The Balaban J connectivity index is 2.48. The molecule has 0 atom stereocenters. The van der Waals surface area contributed by atoms with E-state index in [0.717, 1.165) is 0 Å². The topological polar surface area (TPSA) is 74.8 Å². The Morgan fingerprint density at radius 2 is 1.84 bits per heavy atom. The van der Waals surface area contributed by atoms with Crippen molar-refractivity contribution in [2.24, 2.45) is 4.99 Å². The Bertz CT molecular complexity index is 604. The first-order valence-electron chi connectivity index (χ1n) is 8.52. The van der Waals surface area contributed by atoms with Gasteiger partial charge in [0.25, 0.3) is 0 Å². The fourth-order valence-corrected chi connectivity index (χ4v) is 2.16. The van der Waals surface area contributed by atoms with Gasteiger partial charge in [-0.05, 0) is 47.1 Å². The Morgan fingerprint density at radius 1 is 1.16 bits per heavy atom. The van der Waals surface area contributed by atoms with Crippen LogP contribution >= 0.6 is 0 Å². The number of hydrogen-bond donors (Lipinski definition) is 3. The molecule has 140 valence electrons. The Morgan fingerprint density at radius 3 is 2.40 bits per heavy atom. The molecule has 0 saturated carbocycles. The highest BCUT2D eigenvalue weighted by atomic mass is 16.6. The first kappa shape index (κ1) is 20.8.